The molecule has 0 aromatic carbocycles. The Bertz CT molecular complexity index is 836. The molecule has 0 unspecified atom stereocenters. The minimum Gasteiger partial charge on any atom is -0.396 e. The number of nitrogens with zero attached hydrogens (tertiary/aromatic N) is 3. The number of fused-ring (bicyclic) bond motifs is 1. The van der Waals surface area contributed by atoms with Gasteiger partial charge in [0, 0.05) is 24.2 Å². The highest BCUT2D eigenvalue weighted by molar-refractivity contribution is 7.99. The lowest BCUT2D eigenvalue weighted by Crippen LogP contribution is -2.24. The molecule has 3 rings (SSSR count). The lowest BCUT2D eigenvalue weighted by molar-refractivity contribution is -0.139. The summed E-state index contributed by atoms with van der Waals surface area (Å²) in [6.45, 7) is 0.711. The van der Waals surface area contributed by atoms with Crippen LogP contribution in [0.3, 0.4) is 0 Å². The molecule has 0 radical (unpaired) electrons. The van der Waals surface area contributed by atoms with E-state index in [1.165, 1.54) is 18.5 Å². The number of aromatic nitrogens is 3. The summed E-state index contributed by atoms with van der Waals surface area (Å²) in [7, 11) is 0. The largest absolute Gasteiger partial charge is 0.396 e. The second-order valence-corrected chi connectivity index (χ2v) is 6.50. The molecule has 0 bridgehead atoms. The van der Waals surface area contributed by atoms with Crippen molar-refractivity contribution >= 4 is 35.1 Å². The van der Waals surface area contributed by atoms with E-state index in [1.807, 2.05) is 0 Å². The summed E-state index contributed by atoms with van der Waals surface area (Å²) in [4.78, 5) is 23.6. The molecule has 1 aliphatic rings. The van der Waals surface area contributed by atoms with E-state index in [2.05, 4.69) is 25.6 Å². The number of rotatable bonds is 7. The number of unbranched alkanes of at least 4 members (excludes halogenated alkanes) is 1. The van der Waals surface area contributed by atoms with Gasteiger partial charge in [0.1, 0.15) is 16.7 Å². The monoisotopic (exact) mass is 382 g/mol. The first-order valence-corrected chi connectivity index (χ1v) is 8.59. The van der Waals surface area contributed by atoms with Gasteiger partial charge in [-0.15, -0.1) is 0 Å². The van der Waals surface area contributed by atoms with Crippen molar-refractivity contribution < 1.29 is 18.7 Å². The lowest BCUT2D eigenvalue weighted by Gasteiger charge is -2.12. The normalized spacial score (nSPS) is 14.8. The topological polar surface area (TPSA) is 126 Å². The fourth-order valence-electron chi connectivity index (χ4n) is 2.34. The highest BCUT2D eigenvalue weighted by Crippen LogP contribution is 2.46. The van der Waals surface area contributed by atoms with Crippen molar-refractivity contribution in [3.05, 3.63) is 24.0 Å². The van der Waals surface area contributed by atoms with Crippen LogP contribution in [0, 0.1) is 0 Å². The number of halogens is 2. The number of carbonyl (C=O) groups is 1. The zero-order chi connectivity index (χ0) is 18.7. The molecule has 26 heavy (non-hydrogen) atoms. The molecule has 0 saturated carbocycles. The van der Waals surface area contributed by atoms with Gasteiger partial charge in [0.2, 0.25) is 0 Å². The quantitative estimate of drug-likeness (QED) is 0.535. The number of amides is 1. The Morgan fingerprint density at radius 3 is 2.88 bits per heavy atom. The maximum atomic E-state index is 14.1. The molecule has 138 valence electrons. The van der Waals surface area contributed by atoms with E-state index >= 15 is 0 Å². The van der Waals surface area contributed by atoms with Crippen LogP contribution in [0.5, 0.6) is 0 Å². The lowest BCUT2D eigenvalue weighted by atomic mass is 10.2. The third-order valence-electron chi connectivity index (χ3n) is 3.61. The van der Waals surface area contributed by atoms with Crippen molar-refractivity contribution in [1.29, 1.82) is 0 Å². The summed E-state index contributed by atoms with van der Waals surface area (Å²) in [6, 6.07) is 1.37. The van der Waals surface area contributed by atoms with E-state index in [0.717, 1.165) is 18.2 Å². The van der Waals surface area contributed by atoms with Crippen molar-refractivity contribution in [1.82, 2.24) is 15.0 Å². The summed E-state index contributed by atoms with van der Waals surface area (Å²) in [5.41, 5.74) is 5.40. The predicted molar refractivity (Wildman–Crippen MR) is 92.1 cm³/mol. The Kier molecular flexibility index (Phi) is 5.18. The van der Waals surface area contributed by atoms with E-state index in [9.17, 15) is 13.6 Å². The molecule has 8 nitrogen and oxygen atoms in total. The number of alkyl halides is 2. The van der Waals surface area contributed by atoms with Crippen LogP contribution in [-0.2, 0) is 10.7 Å². The minimum absolute atomic E-state index is 0.0771. The zero-order valence-corrected chi connectivity index (χ0v) is 14.3. The van der Waals surface area contributed by atoms with E-state index < -0.39 is 17.4 Å². The Hall–Kier alpha value is -2.53. The van der Waals surface area contributed by atoms with Crippen LogP contribution < -0.4 is 16.4 Å². The van der Waals surface area contributed by atoms with Gasteiger partial charge in [-0.1, -0.05) is 11.8 Å². The van der Waals surface area contributed by atoms with Crippen molar-refractivity contribution in [2.75, 3.05) is 29.5 Å². The van der Waals surface area contributed by atoms with E-state index in [0.29, 0.717) is 18.8 Å². The van der Waals surface area contributed by atoms with Crippen LogP contribution in [0.4, 0.5) is 26.2 Å². The molecule has 0 saturated heterocycles. The van der Waals surface area contributed by atoms with Crippen molar-refractivity contribution in [3.8, 4) is 0 Å². The number of carbonyl (C=O) groups excluding carboxylic acids is 1. The molecular formula is C15H16F2N6O2S. The molecule has 2 aromatic rings. The standard InChI is InChI=1S/C15H16F2N6O2S/c16-15(17)10-8(3-5-20-12(10)23-14(15)25)26-13-11(18)22-9(7-21-13)19-4-1-2-6-24/h3,5,7,24H,1-2,4,6H2,(H3,18,19,22)(H,20,23,25). The SMILES string of the molecule is Nc1nc(NCCCCO)cnc1Sc1ccnc2c1C(F)(F)C(=O)N2. The molecule has 5 N–H and O–H groups in total. The fourth-order valence-corrected chi connectivity index (χ4v) is 3.26. The minimum atomic E-state index is -3.66. The number of nitrogens with two attached hydrogens (primary N) is 1. The van der Waals surface area contributed by atoms with Gasteiger partial charge in [-0.25, -0.2) is 15.0 Å². The predicted octanol–water partition coefficient (Wildman–Crippen LogP) is 1.83. The molecule has 0 spiro atoms. The molecule has 0 atom stereocenters. The first-order chi connectivity index (χ1) is 12.4. The average Bonchev–Trinajstić information content (AvgIpc) is 2.84. The molecule has 3 heterocycles. The molecule has 1 amide bonds. The average molecular weight is 382 g/mol. The second-order valence-electron chi connectivity index (χ2n) is 5.47. The second kappa shape index (κ2) is 7.38. The number of hydrogen-bond donors (Lipinski definition) is 4. The molecule has 1 aliphatic heterocycles. The van der Waals surface area contributed by atoms with Gasteiger partial charge in [0.25, 0.3) is 0 Å². The molecule has 2 aromatic heterocycles. The van der Waals surface area contributed by atoms with Crippen LogP contribution in [-0.4, -0.2) is 39.1 Å². The zero-order valence-electron chi connectivity index (χ0n) is 13.5. The summed E-state index contributed by atoms with van der Waals surface area (Å²) in [5, 5.41) is 14.1. The van der Waals surface area contributed by atoms with E-state index in [-0.39, 0.29) is 28.2 Å². The van der Waals surface area contributed by atoms with Crippen LogP contribution in [0.15, 0.2) is 28.4 Å². The first kappa shape index (κ1) is 18.3. The van der Waals surface area contributed by atoms with Gasteiger partial charge in [-0.05, 0) is 18.9 Å². The van der Waals surface area contributed by atoms with Gasteiger partial charge in [0.15, 0.2) is 5.82 Å². The van der Waals surface area contributed by atoms with Gasteiger partial charge in [-0.3, -0.25) is 4.79 Å². The highest BCUT2D eigenvalue weighted by atomic mass is 32.2. The van der Waals surface area contributed by atoms with Crippen molar-refractivity contribution in [2.45, 2.75) is 28.7 Å². The smallest absolute Gasteiger partial charge is 0.354 e. The van der Waals surface area contributed by atoms with Crippen molar-refractivity contribution in [3.63, 3.8) is 0 Å². The molecule has 11 heteroatoms. The fraction of sp³-hybridized carbons (Fsp3) is 0.333. The van der Waals surface area contributed by atoms with Crippen LogP contribution in [0.2, 0.25) is 0 Å². The Balaban J connectivity index is 1.79. The van der Waals surface area contributed by atoms with Gasteiger partial charge in [-0.2, -0.15) is 8.78 Å². The molecular weight excluding hydrogens is 366 g/mol. The Morgan fingerprint density at radius 2 is 2.15 bits per heavy atom. The number of hydrogen-bond acceptors (Lipinski definition) is 8. The maximum absolute atomic E-state index is 14.1. The van der Waals surface area contributed by atoms with Crippen LogP contribution in [0.25, 0.3) is 0 Å². The number of aliphatic hydroxyl groups excluding tert-OH is 1. The number of pyridine rings is 1. The highest BCUT2D eigenvalue weighted by Gasteiger charge is 2.51. The molecule has 0 aliphatic carbocycles. The van der Waals surface area contributed by atoms with Gasteiger partial charge in [0.05, 0.1) is 11.8 Å². The third-order valence-corrected chi connectivity index (χ3v) is 4.67. The number of nitrogens with one attached hydrogen (secondary N) is 2. The Labute approximate surface area is 151 Å². The van der Waals surface area contributed by atoms with Crippen LogP contribution >= 0.6 is 11.8 Å². The first-order valence-electron chi connectivity index (χ1n) is 7.77. The van der Waals surface area contributed by atoms with Crippen LogP contribution in [0.1, 0.15) is 18.4 Å². The number of anilines is 3. The molecule has 0 fully saturated rings. The summed E-state index contributed by atoms with van der Waals surface area (Å²) in [6.07, 6.45) is 4.19. The maximum Gasteiger partial charge on any atom is 0.354 e. The number of nitrogen functional groups attached to an aromatic ring is 1. The summed E-state index contributed by atoms with van der Waals surface area (Å²) < 4.78 is 28.2. The van der Waals surface area contributed by atoms with E-state index in [1.54, 1.807) is 0 Å². The third kappa shape index (κ3) is 3.53. The van der Waals surface area contributed by atoms with Gasteiger partial charge < -0.3 is 21.5 Å². The summed E-state index contributed by atoms with van der Waals surface area (Å²) >= 11 is 0.893. The van der Waals surface area contributed by atoms with Gasteiger partial charge >= 0.3 is 11.8 Å². The Morgan fingerprint density at radius 1 is 1.35 bits per heavy atom. The summed E-state index contributed by atoms with van der Waals surface area (Å²) in [5.74, 6) is -4.71. The number of aliphatic hydroxyl groups is 1. The van der Waals surface area contributed by atoms with Crippen molar-refractivity contribution in [2.24, 2.45) is 0 Å². The van der Waals surface area contributed by atoms with E-state index in [4.69, 9.17) is 10.8 Å².